The molecule has 2 heteroatoms. The Morgan fingerprint density at radius 2 is 1.61 bits per heavy atom. The molecule has 0 amide bonds. The van der Waals surface area contributed by atoms with Crippen molar-refractivity contribution in [2.45, 2.75) is 71.3 Å². The lowest BCUT2D eigenvalue weighted by Gasteiger charge is -2.45. The minimum absolute atomic E-state index is 0.380. The Morgan fingerprint density at radius 3 is 2.17 bits per heavy atom. The lowest BCUT2D eigenvalue weighted by molar-refractivity contribution is 0.0639. The number of hydrogen-bond donors (Lipinski definition) is 1. The van der Waals surface area contributed by atoms with Crippen LogP contribution in [0.25, 0.3) is 0 Å². The normalized spacial score (nSPS) is 26.7. The van der Waals surface area contributed by atoms with Gasteiger partial charge in [-0.2, -0.15) is 0 Å². The smallest absolute Gasteiger partial charge is 0.0170 e. The van der Waals surface area contributed by atoms with E-state index in [1.807, 2.05) is 0 Å². The molecule has 106 valence electrons. The number of nitrogens with two attached hydrogens (primary N) is 1. The van der Waals surface area contributed by atoms with Gasteiger partial charge in [0, 0.05) is 12.6 Å². The molecule has 2 rings (SSSR count). The van der Waals surface area contributed by atoms with Gasteiger partial charge in [0.2, 0.25) is 0 Å². The fraction of sp³-hybridized carbons (Fsp3) is 1.00. The van der Waals surface area contributed by atoms with Crippen molar-refractivity contribution in [3.63, 3.8) is 0 Å². The van der Waals surface area contributed by atoms with E-state index < -0.39 is 0 Å². The second-order valence-electron chi connectivity index (χ2n) is 7.25. The molecule has 1 aliphatic carbocycles. The van der Waals surface area contributed by atoms with Crippen LogP contribution in [0.15, 0.2) is 0 Å². The van der Waals surface area contributed by atoms with Crippen LogP contribution >= 0.6 is 0 Å². The molecule has 0 aromatic heterocycles. The number of nitrogens with zero attached hydrogens (tertiary/aromatic N) is 1. The SMILES string of the molecule is CC(C)CC(N)CN1CCC2(CCCCC2)CC1. The van der Waals surface area contributed by atoms with Crippen LogP contribution in [0.3, 0.4) is 0 Å². The van der Waals surface area contributed by atoms with Gasteiger partial charge in [-0.3, -0.25) is 0 Å². The van der Waals surface area contributed by atoms with Crippen molar-refractivity contribution in [2.24, 2.45) is 17.1 Å². The van der Waals surface area contributed by atoms with Crippen LogP contribution in [0.4, 0.5) is 0 Å². The van der Waals surface area contributed by atoms with Gasteiger partial charge >= 0.3 is 0 Å². The van der Waals surface area contributed by atoms with Gasteiger partial charge in [-0.25, -0.2) is 0 Å². The molecule has 2 aliphatic rings. The van der Waals surface area contributed by atoms with E-state index in [1.165, 1.54) is 64.5 Å². The molecule has 0 aromatic carbocycles. The summed E-state index contributed by atoms with van der Waals surface area (Å²) in [5.41, 5.74) is 6.97. The molecule has 0 aromatic rings. The van der Waals surface area contributed by atoms with Crippen LogP contribution in [0.1, 0.15) is 65.2 Å². The highest BCUT2D eigenvalue weighted by Crippen LogP contribution is 2.44. The topological polar surface area (TPSA) is 29.3 Å². The maximum Gasteiger partial charge on any atom is 0.0170 e. The first-order chi connectivity index (χ1) is 8.60. The first-order valence-electron chi connectivity index (χ1n) is 8.08. The third-order valence-electron chi connectivity index (χ3n) is 5.10. The molecule has 1 spiro atoms. The second-order valence-corrected chi connectivity index (χ2v) is 7.25. The van der Waals surface area contributed by atoms with Gasteiger partial charge in [-0.1, -0.05) is 33.1 Å². The molecule has 1 atom stereocenters. The van der Waals surface area contributed by atoms with Gasteiger partial charge in [0.05, 0.1) is 0 Å². The zero-order valence-corrected chi connectivity index (χ0v) is 12.5. The molecule has 2 nitrogen and oxygen atoms in total. The summed E-state index contributed by atoms with van der Waals surface area (Å²) >= 11 is 0. The molecule has 1 saturated heterocycles. The van der Waals surface area contributed by atoms with Crippen molar-refractivity contribution in [1.82, 2.24) is 4.90 Å². The van der Waals surface area contributed by atoms with Crippen molar-refractivity contribution in [1.29, 1.82) is 0 Å². The van der Waals surface area contributed by atoms with Crippen LogP contribution in [0, 0.1) is 11.3 Å². The highest BCUT2D eigenvalue weighted by Gasteiger charge is 2.35. The molecule has 2 N–H and O–H groups in total. The van der Waals surface area contributed by atoms with E-state index in [0.717, 1.165) is 17.9 Å². The minimum Gasteiger partial charge on any atom is -0.327 e. The maximum atomic E-state index is 6.23. The molecule has 1 heterocycles. The average molecular weight is 252 g/mol. The van der Waals surface area contributed by atoms with Crippen LogP contribution < -0.4 is 5.73 Å². The van der Waals surface area contributed by atoms with E-state index in [-0.39, 0.29) is 0 Å². The molecule has 1 aliphatic heterocycles. The molecule has 1 unspecified atom stereocenters. The Balaban J connectivity index is 1.72. The molecule has 0 bridgehead atoms. The molecule has 1 saturated carbocycles. The van der Waals surface area contributed by atoms with Crippen LogP contribution in [0.2, 0.25) is 0 Å². The van der Waals surface area contributed by atoms with E-state index >= 15 is 0 Å². The fourth-order valence-corrected chi connectivity index (χ4v) is 4.02. The lowest BCUT2D eigenvalue weighted by atomic mass is 9.68. The van der Waals surface area contributed by atoms with Gasteiger partial charge in [-0.05, 0) is 56.5 Å². The first kappa shape index (κ1) is 14.3. The summed E-state index contributed by atoms with van der Waals surface area (Å²) in [6.45, 7) is 8.26. The van der Waals surface area contributed by atoms with Crippen LogP contribution in [0.5, 0.6) is 0 Å². The van der Waals surface area contributed by atoms with Crippen molar-refractivity contribution in [3.8, 4) is 0 Å². The second kappa shape index (κ2) is 6.38. The largest absolute Gasteiger partial charge is 0.327 e. The van der Waals surface area contributed by atoms with Crippen molar-refractivity contribution < 1.29 is 0 Å². The fourth-order valence-electron chi connectivity index (χ4n) is 4.02. The van der Waals surface area contributed by atoms with Crippen LogP contribution in [-0.2, 0) is 0 Å². The predicted molar refractivity (Wildman–Crippen MR) is 78.6 cm³/mol. The molecule has 18 heavy (non-hydrogen) atoms. The van der Waals surface area contributed by atoms with Gasteiger partial charge in [-0.15, -0.1) is 0 Å². The average Bonchev–Trinajstić information content (AvgIpc) is 2.33. The highest BCUT2D eigenvalue weighted by atomic mass is 15.1. The summed E-state index contributed by atoms with van der Waals surface area (Å²) in [6, 6.07) is 0.380. The van der Waals surface area contributed by atoms with Crippen molar-refractivity contribution in [2.75, 3.05) is 19.6 Å². The predicted octanol–water partition coefficient (Wildman–Crippen LogP) is 3.41. The Kier molecular flexibility index (Phi) is 5.08. The zero-order chi connectivity index (χ0) is 13.0. The number of hydrogen-bond acceptors (Lipinski definition) is 2. The van der Waals surface area contributed by atoms with Crippen LogP contribution in [-0.4, -0.2) is 30.6 Å². The summed E-state index contributed by atoms with van der Waals surface area (Å²) in [7, 11) is 0. The maximum absolute atomic E-state index is 6.23. The zero-order valence-electron chi connectivity index (χ0n) is 12.5. The minimum atomic E-state index is 0.380. The molecular formula is C16H32N2. The molecular weight excluding hydrogens is 220 g/mol. The van der Waals surface area contributed by atoms with E-state index in [9.17, 15) is 0 Å². The first-order valence-corrected chi connectivity index (χ1v) is 8.08. The Bertz CT molecular complexity index is 233. The molecule has 2 fully saturated rings. The van der Waals surface area contributed by atoms with Gasteiger partial charge in [0.1, 0.15) is 0 Å². The Hall–Kier alpha value is -0.0800. The van der Waals surface area contributed by atoms with Gasteiger partial charge < -0.3 is 10.6 Å². The summed E-state index contributed by atoms with van der Waals surface area (Å²) in [4.78, 5) is 2.62. The van der Waals surface area contributed by atoms with Crippen molar-refractivity contribution >= 4 is 0 Å². The summed E-state index contributed by atoms with van der Waals surface area (Å²) in [5, 5.41) is 0. The monoisotopic (exact) mass is 252 g/mol. The van der Waals surface area contributed by atoms with E-state index in [2.05, 4.69) is 18.7 Å². The number of piperidine rings is 1. The highest BCUT2D eigenvalue weighted by molar-refractivity contribution is 4.89. The molecule has 0 radical (unpaired) electrons. The summed E-state index contributed by atoms with van der Waals surface area (Å²) in [6.07, 6.45) is 11.5. The Labute approximate surface area is 113 Å². The number of rotatable bonds is 4. The third kappa shape index (κ3) is 3.96. The van der Waals surface area contributed by atoms with E-state index in [0.29, 0.717) is 6.04 Å². The van der Waals surface area contributed by atoms with Gasteiger partial charge in [0.15, 0.2) is 0 Å². The van der Waals surface area contributed by atoms with Crippen molar-refractivity contribution in [3.05, 3.63) is 0 Å². The third-order valence-corrected chi connectivity index (χ3v) is 5.10. The van der Waals surface area contributed by atoms with Gasteiger partial charge in [0.25, 0.3) is 0 Å². The lowest BCUT2D eigenvalue weighted by Crippen LogP contribution is -2.46. The standard InChI is InChI=1S/C16H32N2/c1-14(2)12-15(17)13-18-10-8-16(9-11-18)6-4-3-5-7-16/h14-15H,3-13,17H2,1-2H3. The quantitative estimate of drug-likeness (QED) is 0.831. The Morgan fingerprint density at radius 1 is 1.00 bits per heavy atom. The van der Waals surface area contributed by atoms with E-state index in [4.69, 9.17) is 5.73 Å². The number of likely N-dealkylation sites (tertiary alicyclic amines) is 1. The summed E-state index contributed by atoms with van der Waals surface area (Å²) < 4.78 is 0. The van der Waals surface area contributed by atoms with E-state index in [1.54, 1.807) is 0 Å². The summed E-state index contributed by atoms with van der Waals surface area (Å²) in [5.74, 6) is 0.731.